The highest BCUT2D eigenvalue weighted by atomic mass is 16.5. The van der Waals surface area contributed by atoms with E-state index in [1.165, 1.54) is 0 Å². The molecule has 1 aliphatic heterocycles. The molecule has 0 amide bonds. The van der Waals surface area contributed by atoms with Crippen LogP contribution in [0.2, 0.25) is 0 Å². The van der Waals surface area contributed by atoms with E-state index in [0.29, 0.717) is 13.0 Å². The quantitative estimate of drug-likeness (QED) is 0.708. The Morgan fingerprint density at radius 2 is 2.41 bits per heavy atom. The van der Waals surface area contributed by atoms with Crippen LogP contribution in [0.15, 0.2) is 0 Å². The molecule has 2 unspecified atom stereocenters. The van der Waals surface area contributed by atoms with Crippen LogP contribution in [-0.2, 0) is 14.3 Å². The molecule has 0 radical (unpaired) electrons. The number of esters is 1. The van der Waals surface area contributed by atoms with Crippen molar-refractivity contribution in [2.45, 2.75) is 38.8 Å². The zero-order chi connectivity index (χ0) is 12.7. The topological polar surface area (TPSA) is 64.8 Å². The molecule has 100 valence electrons. The lowest BCUT2D eigenvalue weighted by molar-refractivity contribution is -0.144. The zero-order valence-corrected chi connectivity index (χ0v) is 10.9. The molecule has 5 nitrogen and oxygen atoms in total. The van der Waals surface area contributed by atoms with Crippen LogP contribution in [0.1, 0.15) is 26.7 Å². The predicted octanol–water partition coefficient (Wildman–Crippen LogP) is 0.378. The number of carbonyl (C=O) groups excluding carboxylic acids is 1. The summed E-state index contributed by atoms with van der Waals surface area (Å²) in [7, 11) is 0. The number of hydrogen-bond acceptors (Lipinski definition) is 5. The van der Waals surface area contributed by atoms with Gasteiger partial charge in [-0.05, 0) is 26.7 Å². The van der Waals surface area contributed by atoms with E-state index < -0.39 is 6.04 Å². The van der Waals surface area contributed by atoms with Crippen LogP contribution in [0, 0.1) is 0 Å². The highest BCUT2D eigenvalue weighted by Gasteiger charge is 2.19. The summed E-state index contributed by atoms with van der Waals surface area (Å²) in [5, 5.41) is 0. The number of hydrogen-bond donors (Lipinski definition) is 1. The second-order valence-electron chi connectivity index (χ2n) is 4.48. The standard InChI is InChI=1S/C12H24N2O3/c1-3-16-12(15)11(13)5-7-14-6-4-8-17-10(2)9-14/h10-11H,3-9,13H2,1-2H3. The van der Waals surface area contributed by atoms with E-state index in [1.807, 2.05) is 0 Å². The first kappa shape index (κ1) is 14.4. The Morgan fingerprint density at radius 3 is 3.12 bits per heavy atom. The number of ether oxygens (including phenoxy) is 2. The molecule has 1 rings (SSSR count). The molecule has 1 aliphatic rings. The van der Waals surface area contributed by atoms with Crippen molar-refractivity contribution in [2.75, 3.05) is 32.8 Å². The molecular formula is C12H24N2O3. The minimum Gasteiger partial charge on any atom is -0.465 e. The summed E-state index contributed by atoms with van der Waals surface area (Å²) in [6, 6.07) is -0.505. The van der Waals surface area contributed by atoms with Gasteiger partial charge in [0.2, 0.25) is 0 Å². The Morgan fingerprint density at radius 1 is 1.65 bits per heavy atom. The molecule has 1 saturated heterocycles. The molecule has 0 bridgehead atoms. The molecule has 0 aromatic heterocycles. The van der Waals surface area contributed by atoms with Gasteiger partial charge in [-0.2, -0.15) is 0 Å². The normalized spacial score (nSPS) is 24.1. The van der Waals surface area contributed by atoms with Gasteiger partial charge in [-0.15, -0.1) is 0 Å². The number of nitrogens with zero attached hydrogens (tertiary/aromatic N) is 1. The largest absolute Gasteiger partial charge is 0.465 e. The van der Waals surface area contributed by atoms with Gasteiger partial charge in [-0.3, -0.25) is 4.79 Å². The lowest BCUT2D eigenvalue weighted by Gasteiger charge is -2.22. The SMILES string of the molecule is CCOC(=O)C(N)CCN1CCCOC(C)C1. The van der Waals surface area contributed by atoms with E-state index in [2.05, 4.69) is 11.8 Å². The molecule has 2 atom stereocenters. The first-order valence-electron chi connectivity index (χ1n) is 6.39. The van der Waals surface area contributed by atoms with E-state index in [4.69, 9.17) is 15.2 Å². The van der Waals surface area contributed by atoms with Crippen molar-refractivity contribution >= 4 is 5.97 Å². The lowest BCUT2D eigenvalue weighted by Crippen LogP contribution is -2.38. The van der Waals surface area contributed by atoms with Crippen LogP contribution < -0.4 is 5.73 Å². The summed E-state index contributed by atoms with van der Waals surface area (Å²) < 4.78 is 10.4. The number of nitrogens with two attached hydrogens (primary N) is 1. The van der Waals surface area contributed by atoms with Crippen LogP contribution in [0.5, 0.6) is 0 Å². The van der Waals surface area contributed by atoms with E-state index >= 15 is 0 Å². The zero-order valence-electron chi connectivity index (χ0n) is 10.9. The molecule has 0 aromatic carbocycles. The highest BCUT2D eigenvalue weighted by Crippen LogP contribution is 2.06. The number of rotatable bonds is 5. The van der Waals surface area contributed by atoms with Crippen LogP contribution in [0.3, 0.4) is 0 Å². The van der Waals surface area contributed by atoms with Gasteiger partial charge in [-0.1, -0.05) is 0 Å². The molecule has 0 saturated carbocycles. The molecule has 1 fully saturated rings. The predicted molar refractivity (Wildman–Crippen MR) is 65.7 cm³/mol. The third kappa shape index (κ3) is 5.48. The first-order chi connectivity index (χ1) is 8.13. The maximum Gasteiger partial charge on any atom is 0.322 e. The van der Waals surface area contributed by atoms with Crippen molar-refractivity contribution in [3.63, 3.8) is 0 Å². The molecule has 0 spiro atoms. The number of carbonyl (C=O) groups is 1. The van der Waals surface area contributed by atoms with Gasteiger partial charge in [0.1, 0.15) is 6.04 Å². The fraction of sp³-hybridized carbons (Fsp3) is 0.917. The van der Waals surface area contributed by atoms with Gasteiger partial charge in [-0.25, -0.2) is 0 Å². The maximum absolute atomic E-state index is 11.4. The third-order valence-electron chi connectivity index (χ3n) is 2.88. The monoisotopic (exact) mass is 244 g/mol. The molecule has 2 N–H and O–H groups in total. The third-order valence-corrected chi connectivity index (χ3v) is 2.88. The minimum absolute atomic E-state index is 0.260. The fourth-order valence-electron chi connectivity index (χ4n) is 1.97. The van der Waals surface area contributed by atoms with Gasteiger partial charge < -0.3 is 20.1 Å². The van der Waals surface area contributed by atoms with Crippen molar-refractivity contribution in [1.82, 2.24) is 4.90 Å². The van der Waals surface area contributed by atoms with E-state index in [1.54, 1.807) is 6.92 Å². The Balaban J connectivity index is 2.26. The summed E-state index contributed by atoms with van der Waals surface area (Å²) in [5.41, 5.74) is 5.76. The van der Waals surface area contributed by atoms with Crippen molar-refractivity contribution < 1.29 is 14.3 Å². The van der Waals surface area contributed by atoms with E-state index in [9.17, 15) is 4.79 Å². The van der Waals surface area contributed by atoms with Gasteiger partial charge in [0.15, 0.2) is 0 Å². The Kier molecular flexibility index (Phi) is 6.47. The smallest absolute Gasteiger partial charge is 0.322 e. The summed E-state index contributed by atoms with van der Waals surface area (Å²) in [4.78, 5) is 13.7. The second-order valence-corrected chi connectivity index (χ2v) is 4.48. The molecule has 5 heteroatoms. The summed E-state index contributed by atoms with van der Waals surface area (Å²) in [5.74, 6) is -0.299. The summed E-state index contributed by atoms with van der Waals surface area (Å²) >= 11 is 0. The second kappa shape index (κ2) is 7.63. The Hall–Kier alpha value is -0.650. The molecule has 0 aliphatic carbocycles. The van der Waals surface area contributed by atoms with Crippen LogP contribution >= 0.6 is 0 Å². The molecule has 1 heterocycles. The van der Waals surface area contributed by atoms with Crippen molar-refractivity contribution in [1.29, 1.82) is 0 Å². The minimum atomic E-state index is -0.505. The van der Waals surface area contributed by atoms with Crippen LogP contribution in [0.25, 0.3) is 0 Å². The average molecular weight is 244 g/mol. The van der Waals surface area contributed by atoms with Gasteiger partial charge >= 0.3 is 5.97 Å². The van der Waals surface area contributed by atoms with Crippen LogP contribution in [0.4, 0.5) is 0 Å². The average Bonchev–Trinajstić information content (AvgIpc) is 2.50. The Labute approximate surface area is 103 Å². The van der Waals surface area contributed by atoms with E-state index in [-0.39, 0.29) is 12.1 Å². The Bertz CT molecular complexity index is 236. The summed E-state index contributed by atoms with van der Waals surface area (Å²) in [6.45, 7) is 7.83. The maximum atomic E-state index is 11.4. The van der Waals surface area contributed by atoms with Crippen molar-refractivity contribution in [2.24, 2.45) is 5.73 Å². The van der Waals surface area contributed by atoms with E-state index in [0.717, 1.165) is 32.7 Å². The van der Waals surface area contributed by atoms with Gasteiger partial charge in [0.05, 0.1) is 12.7 Å². The lowest BCUT2D eigenvalue weighted by atomic mass is 10.2. The molecule has 17 heavy (non-hydrogen) atoms. The van der Waals surface area contributed by atoms with Crippen molar-refractivity contribution in [3.8, 4) is 0 Å². The van der Waals surface area contributed by atoms with Crippen LogP contribution in [-0.4, -0.2) is 55.9 Å². The first-order valence-corrected chi connectivity index (χ1v) is 6.39. The molecule has 0 aromatic rings. The fourth-order valence-corrected chi connectivity index (χ4v) is 1.97. The van der Waals surface area contributed by atoms with Gasteiger partial charge in [0, 0.05) is 26.2 Å². The highest BCUT2D eigenvalue weighted by molar-refractivity contribution is 5.75. The summed E-state index contributed by atoms with van der Waals surface area (Å²) in [6.07, 6.45) is 1.95. The van der Waals surface area contributed by atoms with Crippen molar-refractivity contribution in [3.05, 3.63) is 0 Å². The van der Waals surface area contributed by atoms with Gasteiger partial charge in [0.25, 0.3) is 0 Å². The molecular weight excluding hydrogens is 220 g/mol.